The predicted molar refractivity (Wildman–Crippen MR) is 180 cm³/mol. The summed E-state index contributed by atoms with van der Waals surface area (Å²) in [5.74, 6) is -0.867. The summed E-state index contributed by atoms with van der Waals surface area (Å²) < 4.78 is 0. The van der Waals surface area contributed by atoms with E-state index >= 15 is 0 Å². The van der Waals surface area contributed by atoms with Crippen molar-refractivity contribution in [3.05, 3.63) is 136 Å². The van der Waals surface area contributed by atoms with Gasteiger partial charge in [-0.15, -0.1) is 23.1 Å². The number of benzene rings is 4. The lowest BCUT2D eigenvalue weighted by molar-refractivity contribution is -0.114. The third-order valence-corrected chi connectivity index (χ3v) is 8.19. The lowest BCUT2D eigenvalue weighted by atomic mass is 10.1. The number of carbonyl (C=O) groups excluding carboxylic acids is 3. The van der Waals surface area contributed by atoms with Crippen LogP contribution < -0.4 is 16.0 Å². The van der Waals surface area contributed by atoms with Gasteiger partial charge in [-0.1, -0.05) is 83.9 Å². The highest BCUT2D eigenvalue weighted by Gasteiger charge is 2.16. The summed E-state index contributed by atoms with van der Waals surface area (Å²) in [6, 6.07) is 31.7. The first-order valence-electron chi connectivity index (χ1n) is 13.8. The molecule has 0 saturated heterocycles. The van der Waals surface area contributed by atoms with E-state index in [-0.39, 0.29) is 23.3 Å². The first-order chi connectivity index (χ1) is 21.3. The topological polar surface area (TPSA) is 100 Å². The number of nitrogens with one attached hydrogen (secondary N) is 3. The Morgan fingerprint density at radius 3 is 2.36 bits per heavy atom. The van der Waals surface area contributed by atoms with Crippen LogP contribution in [0.4, 0.5) is 10.8 Å². The van der Waals surface area contributed by atoms with Crippen molar-refractivity contribution in [2.45, 2.75) is 18.7 Å². The van der Waals surface area contributed by atoms with Crippen LogP contribution in [0.1, 0.15) is 27.0 Å². The molecule has 7 nitrogen and oxygen atoms in total. The number of hydrogen-bond donors (Lipinski definition) is 3. The lowest BCUT2D eigenvalue weighted by Crippen LogP contribution is -2.30. The summed E-state index contributed by atoms with van der Waals surface area (Å²) in [5, 5.41) is 11.0. The molecule has 3 amide bonds. The van der Waals surface area contributed by atoms with Crippen LogP contribution in [0.25, 0.3) is 17.3 Å². The fourth-order valence-corrected chi connectivity index (χ4v) is 5.71. The van der Waals surface area contributed by atoms with Crippen molar-refractivity contribution >= 4 is 57.7 Å². The Kier molecular flexibility index (Phi) is 10.0. The van der Waals surface area contributed by atoms with Crippen LogP contribution in [0.15, 0.2) is 119 Å². The van der Waals surface area contributed by atoms with Crippen molar-refractivity contribution in [2.75, 3.05) is 16.4 Å². The Hall–Kier alpha value is -4.99. The predicted octanol–water partition coefficient (Wildman–Crippen LogP) is 7.57. The number of carbonyl (C=O) groups is 3. The number of aryl methyl sites for hydroxylation is 2. The van der Waals surface area contributed by atoms with E-state index in [2.05, 4.69) is 20.9 Å². The zero-order valence-corrected chi connectivity index (χ0v) is 25.8. The number of nitrogens with zero attached hydrogens (tertiary/aromatic N) is 1. The van der Waals surface area contributed by atoms with Crippen LogP contribution in [0.5, 0.6) is 0 Å². The second-order valence-corrected chi connectivity index (χ2v) is 11.9. The van der Waals surface area contributed by atoms with Crippen LogP contribution in [-0.4, -0.2) is 28.5 Å². The Morgan fingerprint density at radius 1 is 0.818 bits per heavy atom. The Morgan fingerprint density at radius 2 is 1.59 bits per heavy atom. The quantitative estimate of drug-likeness (QED) is 0.111. The second-order valence-electron chi connectivity index (χ2n) is 10.0. The van der Waals surface area contributed by atoms with E-state index in [0.717, 1.165) is 27.3 Å². The number of thioether (sulfide) groups is 1. The normalized spacial score (nSPS) is 11.1. The van der Waals surface area contributed by atoms with Crippen molar-refractivity contribution in [3.63, 3.8) is 0 Å². The lowest BCUT2D eigenvalue weighted by Gasteiger charge is -2.12. The molecule has 0 spiro atoms. The van der Waals surface area contributed by atoms with Crippen LogP contribution in [0, 0.1) is 13.8 Å². The van der Waals surface area contributed by atoms with Gasteiger partial charge in [0, 0.05) is 27.1 Å². The van der Waals surface area contributed by atoms with Crippen LogP contribution in [0.2, 0.25) is 0 Å². The first kappa shape index (κ1) is 30.5. The maximum absolute atomic E-state index is 13.4. The molecule has 44 heavy (non-hydrogen) atoms. The van der Waals surface area contributed by atoms with E-state index in [1.807, 2.05) is 79.9 Å². The monoisotopic (exact) mass is 618 g/mol. The van der Waals surface area contributed by atoms with Gasteiger partial charge < -0.3 is 16.0 Å². The summed E-state index contributed by atoms with van der Waals surface area (Å²) in [7, 11) is 0. The van der Waals surface area contributed by atoms with Gasteiger partial charge in [0.25, 0.3) is 11.8 Å². The largest absolute Gasteiger partial charge is 0.321 e. The molecule has 1 heterocycles. The Balaban J connectivity index is 1.22. The number of hydrogen-bond acceptors (Lipinski definition) is 6. The average Bonchev–Trinajstić information content (AvgIpc) is 3.49. The minimum Gasteiger partial charge on any atom is -0.321 e. The smallest absolute Gasteiger partial charge is 0.272 e. The number of aromatic nitrogens is 1. The van der Waals surface area contributed by atoms with Gasteiger partial charge >= 0.3 is 0 Å². The van der Waals surface area contributed by atoms with Crippen LogP contribution in [0.3, 0.4) is 0 Å². The molecule has 5 rings (SSSR count). The molecule has 1 aromatic heterocycles. The minimum absolute atomic E-state index is 0.107. The minimum atomic E-state index is -0.469. The molecule has 0 aliphatic carbocycles. The van der Waals surface area contributed by atoms with E-state index in [0.29, 0.717) is 16.4 Å². The molecule has 0 unspecified atom stereocenters. The molecular formula is C35H30N4O3S2. The maximum atomic E-state index is 13.4. The van der Waals surface area contributed by atoms with E-state index in [4.69, 9.17) is 0 Å². The van der Waals surface area contributed by atoms with Crippen LogP contribution >= 0.6 is 23.1 Å². The summed E-state index contributed by atoms with van der Waals surface area (Å²) in [4.78, 5) is 44.3. The molecule has 3 N–H and O–H groups in total. The fraction of sp³-hybridized carbons (Fsp3) is 0.0857. The summed E-state index contributed by atoms with van der Waals surface area (Å²) in [6.45, 7) is 3.99. The van der Waals surface area contributed by atoms with Crippen LogP contribution in [-0.2, 0) is 9.59 Å². The summed E-state index contributed by atoms with van der Waals surface area (Å²) in [6.07, 6.45) is 1.65. The van der Waals surface area contributed by atoms with Gasteiger partial charge in [0.05, 0.1) is 11.4 Å². The van der Waals surface area contributed by atoms with Crippen molar-refractivity contribution in [3.8, 4) is 11.3 Å². The molecule has 0 fully saturated rings. The third kappa shape index (κ3) is 8.53. The zero-order valence-electron chi connectivity index (χ0n) is 24.2. The molecule has 0 saturated carbocycles. The number of thiazole rings is 1. The van der Waals surface area contributed by atoms with Gasteiger partial charge in [-0.3, -0.25) is 14.4 Å². The van der Waals surface area contributed by atoms with E-state index in [1.54, 1.807) is 48.5 Å². The summed E-state index contributed by atoms with van der Waals surface area (Å²) in [5.41, 5.74) is 5.88. The molecule has 220 valence electrons. The number of amides is 3. The van der Waals surface area contributed by atoms with Crippen molar-refractivity contribution in [2.24, 2.45) is 0 Å². The molecule has 9 heteroatoms. The highest BCUT2D eigenvalue weighted by atomic mass is 32.2. The van der Waals surface area contributed by atoms with Gasteiger partial charge in [-0.05, 0) is 55.8 Å². The molecule has 4 aromatic carbocycles. The molecule has 0 aliphatic rings. The highest BCUT2D eigenvalue weighted by Crippen LogP contribution is 2.26. The van der Waals surface area contributed by atoms with E-state index in [9.17, 15) is 14.4 Å². The van der Waals surface area contributed by atoms with Crippen molar-refractivity contribution in [1.82, 2.24) is 10.3 Å². The standard InChI is InChI=1S/C35H30N4O3S2/c1-23-14-16-26(17-15-23)31-21-44-35(38-31)39-32(40)22-43-29-13-7-12-28(20-29)36-34(42)30(19-25-9-6-8-24(2)18-25)37-33(41)27-10-4-3-5-11-27/h3-21H,22H2,1-2H3,(H,36,42)(H,37,41)(H,38,39,40)/b30-19+. The van der Waals surface area contributed by atoms with E-state index in [1.165, 1.54) is 28.7 Å². The molecular weight excluding hydrogens is 589 g/mol. The molecule has 0 atom stereocenters. The van der Waals surface area contributed by atoms with Gasteiger partial charge in [0.1, 0.15) is 5.70 Å². The SMILES string of the molecule is Cc1ccc(-c2csc(NC(=O)CSc3cccc(NC(=O)/C(=C\c4cccc(C)c4)NC(=O)c4ccccc4)c3)n2)cc1. The maximum Gasteiger partial charge on any atom is 0.272 e. The average molecular weight is 619 g/mol. The second kappa shape index (κ2) is 14.5. The molecule has 0 radical (unpaired) electrons. The molecule has 0 bridgehead atoms. The molecule has 5 aromatic rings. The van der Waals surface area contributed by atoms with Gasteiger partial charge in [-0.2, -0.15) is 0 Å². The molecule has 0 aliphatic heterocycles. The third-order valence-electron chi connectivity index (χ3n) is 6.44. The number of rotatable bonds is 10. The van der Waals surface area contributed by atoms with Crippen molar-refractivity contribution in [1.29, 1.82) is 0 Å². The first-order valence-corrected chi connectivity index (χ1v) is 15.7. The van der Waals surface area contributed by atoms with Gasteiger partial charge in [0.2, 0.25) is 5.91 Å². The fourth-order valence-electron chi connectivity index (χ4n) is 4.22. The van der Waals surface area contributed by atoms with Gasteiger partial charge in [-0.25, -0.2) is 4.98 Å². The summed E-state index contributed by atoms with van der Waals surface area (Å²) >= 11 is 2.72. The van der Waals surface area contributed by atoms with Gasteiger partial charge in [0.15, 0.2) is 5.13 Å². The van der Waals surface area contributed by atoms with Crippen molar-refractivity contribution < 1.29 is 14.4 Å². The Labute approximate surface area is 264 Å². The van der Waals surface area contributed by atoms with E-state index < -0.39 is 5.91 Å². The Bertz CT molecular complexity index is 1820. The number of anilines is 2. The zero-order chi connectivity index (χ0) is 30.9. The highest BCUT2D eigenvalue weighted by molar-refractivity contribution is 8.00.